The first kappa shape index (κ1) is 24.3. The number of hydrogen-bond donors (Lipinski definition) is 1. The van der Waals surface area contributed by atoms with Crippen LogP contribution in [-0.2, 0) is 12.7 Å². The Balaban J connectivity index is 0.00000289. The third-order valence-electron chi connectivity index (χ3n) is 5.57. The van der Waals surface area contributed by atoms with Gasteiger partial charge in [0.1, 0.15) is 5.82 Å². The van der Waals surface area contributed by atoms with E-state index in [9.17, 15) is 22.4 Å². The Morgan fingerprint density at radius 2 is 2.00 bits per heavy atom. The van der Waals surface area contributed by atoms with Gasteiger partial charge in [-0.05, 0) is 37.1 Å². The molecule has 1 saturated heterocycles. The SMILES string of the molecule is Cc1nn([C@@H]2CCN(Cc3ccc(Cl)cc3C(F)(F)F)C2)c2cc(F)c(C(=O)O)cc12.Cl. The summed E-state index contributed by atoms with van der Waals surface area (Å²) < 4.78 is 56.0. The lowest BCUT2D eigenvalue weighted by Gasteiger charge is -2.20. The highest BCUT2D eigenvalue weighted by Crippen LogP contribution is 2.36. The largest absolute Gasteiger partial charge is 0.478 e. The second kappa shape index (κ2) is 8.88. The van der Waals surface area contributed by atoms with E-state index in [0.29, 0.717) is 36.1 Å². The summed E-state index contributed by atoms with van der Waals surface area (Å²) in [6.45, 7) is 2.77. The molecule has 1 N–H and O–H groups in total. The van der Waals surface area contributed by atoms with E-state index in [-0.39, 0.29) is 35.6 Å². The quantitative estimate of drug-likeness (QED) is 0.474. The van der Waals surface area contributed by atoms with Crippen molar-refractivity contribution in [2.75, 3.05) is 13.1 Å². The number of hydrogen-bond acceptors (Lipinski definition) is 3. The molecule has 0 saturated carbocycles. The molecule has 11 heteroatoms. The molecule has 32 heavy (non-hydrogen) atoms. The van der Waals surface area contributed by atoms with Gasteiger partial charge in [-0.3, -0.25) is 9.58 Å². The van der Waals surface area contributed by atoms with Crippen molar-refractivity contribution in [1.29, 1.82) is 0 Å². The molecule has 1 fully saturated rings. The molecule has 0 bridgehead atoms. The maximum absolute atomic E-state index is 14.2. The molecular formula is C21H19Cl2F4N3O2. The van der Waals surface area contributed by atoms with E-state index in [1.165, 1.54) is 18.2 Å². The first-order chi connectivity index (χ1) is 14.5. The first-order valence-corrected chi connectivity index (χ1v) is 9.92. The lowest BCUT2D eigenvalue weighted by atomic mass is 10.1. The Morgan fingerprint density at radius 1 is 1.28 bits per heavy atom. The molecule has 3 aromatic rings. The summed E-state index contributed by atoms with van der Waals surface area (Å²) in [5.74, 6) is -2.21. The van der Waals surface area contributed by atoms with Crippen LogP contribution in [0.5, 0.6) is 0 Å². The summed E-state index contributed by atoms with van der Waals surface area (Å²) >= 11 is 5.75. The van der Waals surface area contributed by atoms with E-state index in [1.54, 1.807) is 11.6 Å². The summed E-state index contributed by atoms with van der Waals surface area (Å²) in [5, 5.41) is 14.2. The number of rotatable bonds is 4. The molecule has 1 aromatic heterocycles. The van der Waals surface area contributed by atoms with E-state index in [2.05, 4.69) is 5.10 Å². The average Bonchev–Trinajstić information content (AvgIpc) is 3.26. The standard InChI is InChI=1S/C21H18ClF4N3O2.ClH/c1-11-15-7-16(20(30)31)18(23)8-19(15)29(27-11)14-4-5-28(10-14)9-12-2-3-13(22)6-17(12)21(24,25)26;/h2-3,6-8,14H,4-5,9-10H2,1H3,(H,30,31);1H/t14-;/m1./s1. The van der Waals surface area contributed by atoms with Crippen LogP contribution in [0.4, 0.5) is 17.6 Å². The summed E-state index contributed by atoms with van der Waals surface area (Å²) in [7, 11) is 0. The monoisotopic (exact) mass is 491 g/mol. The fourth-order valence-electron chi connectivity index (χ4n) is 4.10. The fourth-order valence-corrected chi connectivity index (χ4v) is 4.27. The molecule has 0 aliphatic carbocycles. The van der Waals surface area contributed by atoms with Crippen molar-refractivity contribution in [3.8, 4) is 0 Å². The van der Waals surface area contributed by atoms with Crippen molar-refractivity contribution in [3.05, 3.63) is 63.6 Å². The Kier molecular flexibility index (Phi) is 6.74. The number of carboxylic acids is 1. The predicted molar refractivity (Wildman–Crippen MR) is 114 cm³/mol. The van der Waals surface area contributed by atoms with E-state index in [0.717, 1.165) is 12.1 Å². The van der Waals surface area contributed by atoms with Crippen molar-refractivity contribution in [2.24, 2.45) is 0 Å². The third kappa shape index (κ3) is 4.55. The van der Waals surface area contributed by atoms with E-state index in [4.69, 9.17) is 16.7 Å². The van der Waals surface area contributed by atoms with E-state index >= 15 is 0 Å². The molecule has 0 unspecified atom stereocenters. The van der Waals surface area contributed by atoms with Gasteiger partial charge in [0.25, 0.3) is 0 Å². The number of carbonyl (C=O) groups is 1. The van der Waals surface area contributed by atoms with Crippen molar-refractivity contribution in [3.63, 3.8) is 0 Å². The Bertz CT molecular complexity index is 1180. The lowest BCUT2D eigenvalue weighted by Crippen LogP contribution is -2.23. The number of nitrogens with zero attached hydrogens (tertiary/aromatic N) is 3. The van der Waals surface area contributed by atoms with Crippen LogP contribution in [0.15, 0.2) is 30.3 Å². The smallest absolute Gasteiger partial charge is 0.416 e. The molecule has 172 valence electrons. The number of aromatic nitrogens is 2. The zero-order chi connectivity index (χ0) is 22.5. The van der Waals surface area contributed by atoms with Crippen LogP contribution in [-0.4, -0.2) is 38.8 Å². The lowest BCUT2D eigenvalue weighted by molar-refractivity contribution is -0.138. The molecular weight excluding hydrogens is 473 g/mol. The Morgan fingerprint density at radius 3 is 2.66 bits per heavy atom. The van der Waals surface area contributed by atoms with Gasteiger partial charge in [0.05, 0.1) is 28.4 Å². The summed E-state index contributed by atoms with van der Waals surface area (Å²) in [6.07, 6.45) is -3.89. The van der Waals surface area contributed by atoms with Gasteiger partial charge >= 0.3 is 12.1 Å². The number of fused-ring (bicyclic) bond motifs is 1. The van der Waals surface area contributed by atoms with Gasteiger partial charge < -0.3 is 5.11 Å². The predicted octanol–water partition coefficient (Wildman–Crippen LogP) is 5.72. The minimum Gasteiger partial charge on any atom is -0.478 e. The molecule has 2 heterocycles. The van der Waals surface area contributed by atoms with Crippen molar-refractivity contribution in [1.82, 2.24) is 14.7 Å². The van der Waals surface area contributed by atoms with Crippen molar-refractivity contribution >= 4 is 40.9 Å². The highest BCUT2D eigenvalue weighted by Gasteiger charge is 2.35. The van der Waals surface area contributed by atoms with Gasteiger partial charge in [0, 0.05) is 36.1 Å². The van der Waals surface area contributed by atoms with Gasteiger partial charge in [-0.15, -0.1) is 12.4 Å². The van der Waals surface area contributed by atoms with Gasteiger partial charge in [-0.1, -0.05) is 17.7 Å². The molecule has 0 spiro atoms. The molecule has 5 nitrogen and oxygen atoms in total. The maximum Gasteiger partial charge on any atom is 0.416 e. The second-order valence-corrected chi connectivity index (χ2v) is 8.10. The number of aromatic carboxylic acids is 1. The van der Waals surface area contributed by atoms with Crippen LogP contribution in [0.2, 0.25) is 5.02 Å². The van der Waals surface area contributed by atoms with Crippen LogP contribution in [0, 0.1) is 12.7 Å². The first-order valence-electron chi connectivity index (χ1n) is 9.54. The number of halogens is 6. The van der Waals surface area contributed by atoms with Crippen LogP contribution in [0.25, 0.3) is 10.9 Å². The Hall–Kier alpha value is -2.36. The average molecular weight is 492 g/mol. The third-order valence-corrected chi connectivity index (χ3v) is 5.81. The normalized spacial score (nSPS) is 17.0. The minimum atomic E-state index is -4.51. The zero-order valence-electron chi connectivity index (χ0n) is 16.8. The fraction of sp³-hybridized carbons (Fsp3) is 0.333. The van der Waals surface area contributed by atoms with Gasteiger partial charge in [0.2, 0.25) is 0 Å². The molecule has 1 atom stereocenters. The molecule has 0 radical (unpaired) electrons. The maximum atomic E-state index is 14.2. The van der Waals surface area contributed by atoms with Crippen molar-refractivity contribution < 1.29 is 27.5 Å². The minimum absolute atomic E-state index is 0. The van der Waals surface area contributed by atoms with E-state index < -0.39 is 29.1 Å². The topological polar surface area (TPSA) is 58.4 Å². The molecule has 2 aromatic carbocycles. The molecule has 0 amide bonds. The van der Waals surface area contributed by atoms with Crippen molar-refractivity contribution in [2.45, 2.75) is 32.1 Å². The van der Waals surface area contributed by atoms with Crippen LogP contribution in [0.3, 0.4) is 0 Å². The van der Waals surface area contributed by atoms with Gasteiger partial charge in [-0.2, -0.15) is 18.3 Å². The van der Waals surface area contributed by atoms with Gasteiger partial charge in [-0.25, -0.2) is 9.18 Å². The number of benzene rings is 2. The molecule has 1 aliphatic heterocycles. The van der Waals surface area contributed by atoms with Crippen LogP contribution in [0.1, 0.15) is 39.6 Å². The van der Waals surface area contributed by atoms with E-state index in [1.807, 2.05) is 4.90 Å². The van der Waals surface area contributed by atoms with Crippen LogP contribution >= 0.6 is 24.0 Å². The molecule has 1 aliphatic rings. The van der Waals surface area contributed by atoms with Gasteiger partial charge in [0.15, 0.2) is 0 Å². The molecule has 4 rings (SSSR count). The zero-order valence-corrected chi connectivity index (χ0v) is 18.4. The number of alkyl halides is 3. The number of aryl methyl sites for hydroxylation is 1. The second-order valence-electron chi connectivity index (χ2n) is 7.66. The van der Waals surface area contributed by atoms with Crippen LogP contribution < -0.4 is 0 Å². The highest BCUT2D eigenvalue weighted by molar-refractivity contribution is 6.30. The highest BCUT2D eigenvalue weighted by atomic mass is 35.5. The number of carboxylic acid groups (broad SMARTS) is 1. The number of likely N-dealkylation sites (tertiary alicyclic amines) is 1. The summed E-state index contributed by atoms with van der Waals surface area (Å²) in [4.78, 5) is 13.1. The summed E-state index contributed by atoms with van der Waals surface area (Å²) in [5.41, 5.74) is -0.0174. The Labute approximate surface area is 192 Å². The summed E-state index contributed by atoms with van der Waals surface area (Å²) in [6, 6.07) is 6.00.